The highest BCUT2D eigenvalue weighted by molar-refractivity contribution is 5.73. The third-order valence-corrected chi connectivity index (χ3v) is 1.46. The number of hydrogen-bond acceptors (Lipinski definition) is 3. The molecule has 0 aliphatic heterocycles. The molecule has 0 aliphatic carbocycles. The summed E-state index contributed by atoms with van der Waals surface area (Å²) in [7, 11) is 0. The molecule has 4 heteroatoms. The minimum Gasteiger partial charge on any atom is -0.396 e. The minimum absolute atomic E-state index is 0.330. The predicted molar refractivity (Wildman–Crippen MR) is 51.4 cm³/mol. The van der Waals surface area contributed by atoms with Gasteiger partial charge in [0.05, 0.1) is 0 Å². The van der Waals surface area contributed by atoms with Gasteiger partial charge in [-0.2, -0.15) is 0 Å². The number of hydrogen-bond donors (Lipinski definition) is 3. The van der Waals surface area contributed by atoms with E-state index in [-0.39, 0.29) is 5.91 Å². The van der Waals surface area contributed by atoms with Crippen molar-refractivity contribution in [3.8, 4) is 0 Å². The van der Waals surface area contributed by atoms with Crippen molar-refractivity contribution in [2.45, 2.75) is 46.0 Å². The Morgan fingerprint density at radius 2 is 1.85 bits per heavy atom. The summed E-state index contributed by atoms with van der Waals surface area (Å²) < 4.78 is 0. The van der Waals surface area contributed by atoms with E-state index in [1.807, 2.05) is 0 Å². The van der Waals surface area contributed by atoms with Crippen LogP contribution in [0.15, 0.2) is 0 Å². The van der Waals surface area contributed by atoms with Gasteiger partial charge in [0.25, 0.3) is 0 Å². The smallest absolute Gasteiger partial charge is 0.243 e. The molecule has 1 amide bonds. The van der Waals surface area contributed by atoms with Crippen LogP contribution in [-0.2, 0) is 4.79 Å². The molecule has 0 atom stereocenters. The van der Waals surface area contributed by atoms with Crippen LogP contribution in [0.3, 0.4) is 0 Å². The molecule has 0 aromatic rings. The number of hydroxylamine groups is 1. The van der Waals surface area contributed by atoms with Crippen LogP contribution in [0.25, 0.3) is 0 Å². The van der Waals surface area contributed by atoms with Crippen molar-refractivity contribution in [1.29, 1.82) is 0 Å². The Morgan fingerprint density at radius 1 is 1.23 bits per heavy atom. The van der Waals surface area contributed by atoms with E-state index in [1.165, 1.54) is 24.7 Å². The number of amides is 1. The Kier molecular flexibility index (Phi) is 16.0. The predicted octanol–water partition coefficient (Wildman–Crippen LogP) is 1.46. The van der Waals surface area contributed by atoms with Gasteiger partial charge in [-0.1, -0.05) is 33.1 Å². The van der Waals surface area contributed by atoms with Crippen LogP contribution in [0.4, 0.5) is 0 Å². The summed E-state index contributed by atoms with van der Waals surface area (Å²) in [6.07, 6.45) is 5.01. The molecule has 80 valence electrons. The van der Waals surface area contributed by atoms with Gasteiger partial charge in [-0.15, -0.1) is 0 Å². The Hall–Kier alpha value is -0.610. The Labute approximate surface area is 79.9 Å². The average Bonchev–Trinajstić information content (AvgIpc) is 2.18. The Morgan fingerprint density at radius 3 is 2.08 bits per heavy atom. The summed E-state index contributed by atoms with van der Waals surface area (Å²) in [6.45, 7) is 4.18. The third kappa shape index (κ3) is 18.4. The van der Waals surface area contributed by atoms with E-state index in [1.54, 1.807) is 6.92 Å². The topological polar surface area (TPSA) is 69.6 Å². The Bertz CT molecular complexity index is 97.0. The van der Waals surface area contributed by atoms with E-state index in [4.69, 9.17) is 10.3 Å². The van der Waals surface area contributed by atoms with Gasteiger partial charge in [0, 0.05) is 13.0 Å². The molecule has 0 fully saturated rings. The van der Waals surface area contributed by atoms with E-state index in [0.717, 1.165) is 6.42 Å². The summed E-state index contributed by atoms with van der Waals surface area (Å²) in [5.41, 5.74) is 1.48. The lowest BCUT2D eigenvalue weighted by Crippen LogP contribution is -2.16. The van der Waals surface area contributed by atoms with Crippen LogP contribution in [0.2, 0.25) is 0 Å². The third-order valence-electron chi connectivity index (χ3n) is 1.46. The van der Waals surface area contributed by atoms with E-state index >= 15 is 0 Å². The van der Waals surface area contributed by atoms with Crippen molar-refractivity contribution in [2.75, 3.05) is 6.61 Å². The van der Waals surface area contributed by atoms with Crippen molar-refractivity contribution < 1.29 is 15.1 Å². The van der Waals surface area contributed by atoms with Gasteiger partial charge in [-0.3, -0.25) is 10.0 Å². The minimum atomic E-state index is -0.352. The lowest BCUT2D eigenvalue weighted by molar-refractivity contribution is -0.128. The number of aliphatic hydroxyl groups excluding tert-OH is 1. The number of carbonyl (C=O) groups excluding carboxylic acids is 1. The van der Waals surface area contributed by atoms with Crippen molar-refractivity contribution in [1.82, 2.24) is 5.48 Å². The molecule has 3 N–H and O–H groups in total. The van der Waals surface area contributed by atoms with Crippen molar-refractivity contribution in [2.24, 2.45) is 0 Å². The summed E-state index contributed by atoms with van der Waals surface area (Å²) >= 11 is 0. The first-order valence-electron chi connectivity index (χ1n) is 4.76. The maximum atomic E-state index is 9.82. The van der Waals surface area contributed by atoms with Gasteiger partial charge in [-0.25, -0.2) is 5.48 Å². The molecule has 0 aliphatic rings. The molecule has 0 rings (SSSR count). The SMILES string of the molecule is CCC(=O)NO.CCCCCCO. The summed E-state index contributed by atoms with van der Waals surface area (Å²) in [6, 6.07) is 0. The van der Waals surface area contributed by atoms with Gasteiger partial charge in [-0.05, 0) is 6.42 Å². The first-order valence-corrected chi connectivity index (χ1v) is 4.76. The second-order valence-corrected chi connectivity index (χ2v) is 2.67. The van der Waals surface area contributed by atoms with Crippen LogP contribution >= 0.6 is 0 Å². The maximum absolute atomic E-state index is 9.82. The lowest BCUT2D eigenvalue weighted by Gasteiger charge is -1.90. The lowest BCUT2D eigenvalue weighted by atomic mass is 10.2. The second-order valence-electron chi connectivity index (χ2n) is 2.67. The average molecular weight is 191 g/mol. The zero-order valence-electron chi connectivity index (χ0n) is 8.55. The van der Waals surface area contributed by atoms with E-state index in [2.05, 4.69) is 6.92 Å². The molecule has 0 saturated carbocycles. The normalized spacial score (nSPS) is 8.62. The van der Waals surface area contributed by atoms with Crippen LogP contribution in [0.5, 0.6) is 0 Å². The summed E-state index contributed by atoms with van der Waals surface area (Å²) in [4.78, 5) is 9.82. The van der Waals surface area contributed by atoms with Crippen molar-refractivity contribution in [3.63, 3.8) is 0 Å². The zero-order chi connectivity index (χ0) is 10.5. The van der Waals surface area contributed by atoms with Crippen LogP contribution < -0.4 is 5.48 Å². The molecular weight excluding hydrogens is 170 g/mol. The molecule has 13 heavy (non-hydrogen) atoms. The molecule has 0 aromatic heterocycles. The van der Waals surface area contributed by atoms with Gasteiger partial charge in [0.2, 0.25) is 5.91 Å². The largest absolute Gasteiger partial charge is 0.396 e. The van der Waals surface area contributed by atoms with Gasteiger partial charge in [0.1, 0.15) is 0 Å². The molecule has 0 bridgehead atoms. The first-order chi connectivity index (χ1) is 6.22. The van der Waals surface area contributed by atoms with Crippen LogP contribution in [-0.4, -0.2) is 22.8 Å². The first kappa shape index (κ1) is 14.9. The summed E-state index contributed by atoms with van der Waals surface area (Å²) in [5.74, 6) is -0.352. The van der Waals surface area contributed by atoms with Gasteiger partial charge >= 0.3 is 0 Å². The molecule has 0 aromatic carbocycles. The number of rotatable bonds is 5. The highest BCUT2D eigenvalue weighted by Crippen LogP contribution is 1.95. The molecule has 0 spiro atoms. The fourth-order valence-corrected chi connectivity index (χ4v) is 0.618. The Balaban J connectivity index is 0. The monoisotopic (exact) mass is 191 g/mol. The molecule has 0 unspecified atom stereocenters. The van der Waals surface area contributed by atoms with E-state index < -0.39 is 0 Å². The highest BCUT2D eigenvalue weighted by Gasteiger charge is 1.86. The fourth-order valence-electron chi connectivity index (χ4n) is 0.618. The van der Waals surface area contributed by atoms with Crippen LogP contribution in [0.1, 0.15) is 46.0 Å². The molecule has 0 heterocycles. The quantitative estimate of drug-likeness (QED) is 0.350. The number of nitrogens with one attached hydrogen (secondary N) is 1. The highest BCUT2D eigenvalue weighted by atomic mass is 16.5. The maximum Gasteiger partial charge on any atom is 0.243 e. The van der Waals surface area contributed by atoms with Crippen molar-refractivity contribution >= 4 is 5.91 Å². The molecule has 0 radical (unpaired) electrons. The van der Waals surface area contributed by atoms with E-state index in [9.17, 15) is 4.79 Å². The van der Waals surface area contributed by atoms with Gasteiger partial charge in [0.15, 0.2) is 0 Å². The number of aliphatic hydroxyl groups is 1. The van der Waals surface area contributed by atoms with Crippen molar-refractivity contribution in [3.05, 3.63) is 0 Å². The van der Waals surface area contributed by atoms with E-state index in [0.29, 0.717) is 13.0 Å². The number of carbonyl (C=O) groups is 1. The summed E-state index contributed by atoms with van der Waals surface area (Å²) in [5, 5.41) is 16.0. The zero-order valence-corrected chi connectivity index (χ0v) is 8.55. The standard InChI is InChI=1S/C6H14O.C3H7NO2/c1-2-3-4-5-6-7;1-2-3(5)4-6/h7H,2-6H2,1H3;6H,2H2,1H3,(H,4,5). The molecule has 4 nitrogen and oxygen atoms in total. The molecular formula is C9H21NO3. The number of unbranched alkanes of at least 4 members (excludes halogenated alkanes) is 3. The second kappa shape index (κ2) is 13.9. The van der Waals surface area contributed by atoms with Gasteiger partial charge < -0.3 is 5.11 Å². The molecule has 0 saturated heterocycles. The fraction of sp³-hybridized carbons (Fsp3) is 0.889. The van der Waals surface area contributed by atoms with Crippen LogP contribution in [0, 0.1) is 0 Å².